The van der Waals surface area contributed by atoms with E-state index in [0.29, 0.717) is 19.8 Å². The van der Waals surface area contributed by atoms with E-state index in [1.165, 1.54) is 0 Å². The van der Waals surface area contributed by atoms with Gasteiger partial charge in [-0.05, 0) is 13.3 Å². The highest BCUT2D eigenvalue weighted by Gasteiger charge is 2.42. The number of carbonyl (C=O) groups is 4. The molecule has 0 bridgehead atoms. The maximum absolute atomic E-state index is 11.3. The van der Waals surface area contributed by atoms with E-state index in [-0.39, 0.29) is 6.61 Å². The van der Waals surface area contributed by atoms with Crippen molar-refractivity contribution in [2.75, 3.05) is 26.4 Å². The lowest BCUT2D eigenvalue weighted by Crippen LogP contribution is -2.58. The summed E-state index contributed by atoms with van der Waals surface area (Å²) in [4.78, 5) is 43.0. The minimum atomic E-state index is -1.52. The molecule has 1 aliphatic heterocycles. The monoisotopic (exact) mass is 526 g/mol. The van der Waals surface area contributed by atoms with Crippen molar-refractivity contribution >= 4 is 23.6 Å². The number of rotatable bonds is 15. The Kier molecular flexibility index (Phi) is 16.9. The van der Waals surface area contributed by atoms with Gasteiger partial charge in [0.2, 0.25) is 5.91 Å². The van der Waals surface area contributed by atoms with Crippen molar-refractivity contribution in [1.29, 1.82) is 0 Å². The molecule has 0 saturated carbocycles. The van der Waals surface area contributed by atoms with Gasteiger partial charge in [-0.1, -0.05) is 13.3 Å². The van der Waals surface area contributed by atoms with Crippen LogP contribution in [0.25, 0.3) is 0 Å². The lowest BCUT2D eigenvalue weighted by molar-refractivity contribution is -0.288. The number of aliphatic carboxylic acids is 2. The summed E-state index contributed by atoms with van der Waals surface area (Å²) in [5, 5.41) is 56.8. The predicted octanol–water partition coefficient (Wildman–Crippen LogP) is -3.04. The number of ether oxygens (including phenoxy) is 3. The summed E-state index contributed by atoms with van der Waals surface area (Å²) in [7, 11) is 0. The normalized spacial score (nSPS) is 25.1. The zero-order valence-corrected chi connectivity index (χ0v) is 20.3. The second kappa shape index (κ2) is 18.1. The van der Waals surface area contributed by atoms with Crippen molar-refractivity contribution in [2.45, 2.75) is 82.3 Å². The molecule has 15 heteroatoms. The average Bonchev–Trinajstić information content (AvgIpc) is 2.79. The Bertz CT molecular complexity index is 693. The van der Waals surface area contributed by atoms with E-state index < -0.39 is 79.3 Å². The zero-order valence-electron chi connectivity index (χ0n) is 20.3. The molecule has 0 spiro atoms. The van der Waals surface area contributed by atoms with E-state index in [2.05, 4.69) is 12.2 Å². The molecule has 1 rings (SSSR count). The minimum Gasteiger partial charge on any atom is -0.481 e. The first-order valence-corrected chi connectivity index (χ1v) is 11.3. The lowest BCUT2D eigenvalue weighted by atomic mass is 9.99. The van der Waals surface area contributed by atoms with E-state index in [0.717, 1.165) is 19.8 Å². The van der Waals surface area contributed by atoms with Crippen LogP contribution < -0.4 is 11.1 Å². The SMILES string of the molecule is CC(=O)C(CC(=O)O)NC(=O)CC(N)C(=O)O.CCCCOCCOCC1O[C@@H](O)C(O)[C@@H](O)[C@@H]1O. The number of ketones is 1. The average molecular weight is 527 g/mol. The van der Waals surface area contributed by atoms with Crippen LogP contribution in [-0.4, -0.2) is 123 Å². The van der Waals surface area contributed by atoms with Crippen LogP contribution in [0.2, 0.25) is 0 Å². The van der Waals surface area contributed by atoms with E-state index in [1.807, 2.05) is 0 Å². The molecule has 1 fully saturated rings. The predicted molar refractivity (Wildman–Crippen MR) is 121 cm³/mol. The molecule has 0 aromatic rings. The molecule has 0 radical (unpaired) electrons. The summed E-state index contributed by atoms with van der Waals surface area (Å²) in [6.45, 7) is 4.68. The summed E-state index contributed by atoms with van der Waals surface area (Å²) < 4.78 is 15.5. The van der Waals surface area contributed by atoms with E-state index in [9.17, 15) is 39.6 Å². The van der Waals surface area contributed by atoms with Crippen molar-refractivity contribution in [3.05, 3.63) is 0 Å². The molecule has 0 aromatic carbocycles. The summed E-state index contributed by atoms with van der Waals surface area (Å²) in [5.41, 5.74) is 5.11. The van der Waals surface area contributed by atoms with Crippen molar-refractivity contribution in [3.63, 3.8) is 0 Å². The van der Waals surface area contributed by atoms with Crippen LogP contribution in [-0.2, 0) is 33.4 Å². The van der Waals surface area contributed by atoms with Gasteiger partial charge in [0.1, 0.15) is 30.5 Å². The van der Waals surface area contributed by atoms with Crippen LogP contribution in [0.5, 0.6) is 0 Å². The van der Waals surface area contributed by atoms with Crippen LogP contribution in [0, 0.1) is 0 Å². The number of Topliss-reactive ketones (excluding diaryl/α,β-unsaturated/α-hetero) is 1. The smallest absolute Gasteiger partial charge is 0.321 e. The third-order valence-electron chi connectivity index (χ3n) is 4.91. The number of amides is 1. The molecule has 1 saturated heterocycles. The Morgan fingerprint density at radius 2 is 1.56 bits per heavy atom. The van der Waals surface area contributed by atoms with E-state index in [1.54, 1.807) is 0 Å². The van der Waals surface area contributed by atoms with Gasteiger partial charge < -0.3 is 55.9 Å². The van der Waals surface area contributed by atoms with Gasteiger partial charge in [-0.2, -0.15) is 0 Å². The Hall–Kier alpha value is -2.24. The van der Waals surface area contributed by atoms with Gasteiger partial charge in [0.25, 0.3) is 0 Å². The fourth-order valence-corrected chi connectivity index (χ4v) is 2.75. The second-order valence-corrected chi connectivity index (χ2v) is 8.06. The van der Waals surface area contributed by atoms with Crippen molar-refractivity contribution in [2.24, 2.45) is 5.73 Å². The number of aliphatic hydroxyl groups is 4. The zero-order chi connectivity index (χ0) is 27.8. The van der Waals surface area contributed by atoms with Gasteiger partial charge >= 0.3 is 11.9 Å². The van der Waals surface area contributed by atoms with Crippen LogP contribution in [0.15, 0.2) is 0 Å². The highest BCUT2D eigenvalue weighted by atomic mass is 16.6. The first-order valence-electron chi connectivity index (χ1n) is 11.3. The number of nitrogens with one attached hydrogen (secondary N) is 1. The van der Waals surface area contributed by atoms with Crippen molar-refractivity contribution in [1.82, 2.24) is 5.32 Å². The molecule has 1 heterocycles. The summed E-state index contributed by atoms with van der Waals surface area (Å²) in [6.07, 6.45) is -5.64. The molecular formula is C21H38N2O13. The third kappa shape index (κ3) is 13.7. The Labute approximate surface area is 208 Å². The number of nitrogens with two attached hydrogens (primary N) is 1. The Morgan fingerprint density at radius 1 is 0.944 bits per heavy atom. The highest BCUT2D eigenvalue weighted by molar-refractivity contribution is 5.91. The topological polar surface area (TPSA) is 255 Å². The van der Waals surface area contributed by atoms with Crippen LogP contribution in [0.3, 0.4) is 0 Å². The molecule has 7 atom stereocenters. The molecule has 4 unspecified atom stereocenters. The molecule has 0 aliphatic carbocycles. The van der Waals surface area contributed by atoms with Gasteiger partial charge in [-0.3, -0.25) is 19.2 Å². The number of hydrogen-bond donors (Lipinski definition) is 8. The molecule has 210 valence electrons. The maximum Gasteiger partial charge on any atom is 0.321 e. The van der Waals surface area contributed by atoms with Crippen molar-refractivity contribution < 1.29 is 64.0 Å². The summed E-state index contributed by atoms with van der Waals surface area (Å²) >= 11 is 0. The Morgan fingerprint density at radius 3 is 2.08 bits per heavy atom. The van der Waals surface area contributed by atoms with E-state index >= 15 is 0 Å². The summed E-state index contributed by atoms with van der Waals surface area (Å²) in [6, 6.07) is -2.55. The standard InChI is InChI=1S/C12H24O7.C9H14N2O6/c1-2-3-4-17-5-6-18-7-8-9(13)10(14)11(15)12(16)19-8;1-4(12)6(3-8(14)15)11-7(13)2-5(10)9(16)17/h8-16H,2-7H2,1H3;5-6H,2-3,10H2,1H3,(H,11,13)(H,14,15)(H,16,17)/t8?,9-,10+,11?,12-;/m1./s1. The van der Waals surface area contributed by atoms with Gasteiger partial charge in [0.05, 0.1) is 38.7 Å². The van der Waals surface area contributed by atoms with Crippen LogP contribution in [0.1, 0.15) is 39.5 Å². The van der Waals surface area contributed by atoms with Gasteiger partial charge in [-0.25, -0.2) is 0 Å². The first kappa shape index (κ1) is 33.8. The van der Waals surface area contributed by atoms with Gasteiger partial charge in [0.15, 0.2) is 12.1 Å². The molecular weight excluding hydrogens is 488 g/mol. The minimum absolute atomic E-state index is 0.0130. The fraction of sp³-hybridized carbons (Fsp3) is 0.810. The second-order valence-electron chi connectivity index (χ2n) is 8.06. The number of hydrogen-bond acceptors (Lipinski definition) is 12. The number of carboxylic acids is 2. The number of unbranched alkanes of at least 4 members (excludes halogenated alkanes) is 1. The molecule has 15 nitrogen and oxygen atoms in total. The third-order valence-corrected chi connectivity index (χ3v) is 4.91. The number of aliphatic hydroxyl groups excluding tert-OH is 4. The number of carboxylic acid groups (broad SMARTS) is 2. The molecule has 9 N–H and O–H groups in total. The van der Waals surface area contributed by atoms with Crippen LogP contribution in [0.4, 0.5) is 0 Å². The summed E-state index contributed by atoms with van der Waals surface area (Å²) in [5.74, 6) is -3.89. The molecule has 1 amide bonds. The Balaban J connectivity index is 0.000000686. The highest BCUT2D eigenvalue weighted by Crippen LogP contribution is 2.19. The van der Waals surface area contributed by atoms with E-state index in [4.69, 9.17) is 30.2 Å². The molecule has 0 aromatic heterocycles. The first-order chi connectivity index (χ1) is 16.8. The molecule has 36 heavy (non-hydrogen) atoms. The quantitative estimate of drug-likeness (QED) is 0.0987. The lowest BCUT2D eigenvalue weighted by Gasteiger charge is -2.38. The maximum atomic E-state index is 11.3. The van der Waals surface area contributed by atoms with Gasteiger partial charge in [0, 0.05) is 6.61 Å². The van der Waals surface area contributed by atoms with Gasteiger partial charge in [-0.15, -0.1) is 0 Å². The fourth-order valence-electron chi connectivity index (χ4n) is 2.75. The largest absolute Gasteiger partial charge is 0.481 e. The number of carbonyl (C=O) groups excluding carboxylic acids is 2. The van der Waals surface area contributed by atoms with Crippen LogP contribution >= 0.6 is 0 Å². The van der Waals surface area contributed by atoms with Crippen molar-refractivity contribution in [3.8, 4) is 0 Å². The molecule has 1 aliphatic rings.